The molecule has 0 radical (unpaired) electrons. The Labute approximate surface area is 108 Å². The van der Waals surface area contributed by atoms with Gasteiger partial charge in [-0.1, -0.05) is 0 Å². The van der Waals surface area contributed by atoms with Gasteiger partial charge in [-0.15, -0.1) is 0 Å². The number of rotatable bonds is 2. The average Bonchev–Trinajstić information content (AvgIpc) is 2.85. The summed E-state index contributed by atoms with van der Waals surface area (Å²) < 4.78 is 1.62. The van der Waals surface area contributed by atoms with Gasteiger partial charge in [0.05, 0.1) is 23.0 Å². The van der Waals surface area contributed by atoms with Crippen LogP contribution in [0.2, 0.25) is 0 Å². The standard InChI is InChI=1S/C13H11N5O/c14-12-10(13(15)19)6-17-18-7-9(5-11(12)18)8-1-3-16-4-2-8/h1-7H,14H2,(H2,15,19). The maximum Gasteiger partial charge on any atom is 0.252 e. The molecule has 19 heavy (non-hydrogen) atoms. The SMILES string of the molecule is NC(=O)c1cnn2cc(-c3ccncc3)cc2c1N. The number of aromatic nitrogens is 3. The zero-order chi connectivity index (χ0) is 13.4. The molecule has 0 aliphatic rings. The number of hydrogen-bond acceptors (Lipinski definition) is 4. The van der Waals surface area contributed by atoms with Crippen molar-refractivity contribution in [2.75, 3.05) is 5.73 Å². The predicted octanol–water partition coefficient (Wildman–Crippen LogP) is 1.08. The van der Waals surface area contributed by atoms with Gasteiger partial charge in [0, 0.05) is 24.2 Å². The van der Waals surface area contributed by atoms with E-state index in [1.165, 1.54) is 6.20 Å². The van der Waals surface area contributed by atoms with Gasteiger partial charge in [-0.3, -0.25) is 9.78 Å². The summed E-state index contributed by atoms with van der Waals surface area (Å²) in [6.07, 6.45) is 6.64. The van der Waals surface area contributed by atoms with Crippen LogP contribution in [0.5, 0.6) is 0 Å². The number of fused-ring (bicyclic) bond motifs is 1. The maximum absolute atomic E-state index is 11.2. The topological polar surface area (TPSA) is 99.3 Å². The summed E-state index contributed by atoms with van der Waals surface area (Å²) in [5.41, 5.74) is 14.4. The minimum Gasteiger partial charge on any atom is -0.396 e. The first-order chi connectivity index (χ1) is 9.16. The fourth-order valence-corrected chi connectivity index (χ4v) is 1.97. The lowest BCUT2D eigenvalue weighted by molar-refractivity contribution is 0.100. The molecule has 3 aromatic rings. The third kappa shape index (κ3) is 1.79. The van der Waals surface area contributed by atoms with Crippen molar-refractivity contribution in [3.05, 3.63) is 48.5 Å². The van der Waals surface area contributed by atoms with Gasteiger partial charge in [-0.05, 0) is 23.8 Å². The lowest BCUT2D eigenvalue weighted by Gasteiger charge is -2.02. The monoisotopic (exact) mass is 253 g/mol. The van der Waals surface area contributed by atoms with E-state index in [4.69, 9.17) is 11.5 Å². The van der Waals surface area contributed by atoms with Crippen LogP contribution in [-0.4, -0.2) is 20.5 Å². The van der Waals surface area contributed by atoms with E-state index < -0.39 is 5.91 Å². The molecule has 0 saturated heterocycles. The van der Waals surface area contributed by atoms with Crippen LogP contribution in [0, 0.1) is 0 Å². The first-order valence-electron chi connectivity index (χ1n) is 5.64. The van der Waals surface area contributed by atoms with Crippen molar-refractivity contribution < 1.29 is 4.79 Å². The van der Waals surface area contributed by atoms with E-state index in [9.17, 15) is 4.79 Å². The van der Waals surface area contributed by atoms with Gasteiger partial charge in [0.2, 0.25) is 0 Å². The van der Waals surface area contributed by atoms with Crippen molar-refractivity contribution in [3.63, 3.8) is 0 Å². The molecule has 3 heterocycles. The molecule has 0 aliphatic heterocycles. The van der Waals surface area contributed by atoms with E-state index in [1.807, 2.05) is 24.4 Å². The molecular formula is C13H11N5O. The van der Waals surface area contributed by atoms with Crippen LogP contribution in [0.4, 0.5) is 5.69 Å². The van der Waals surface area contributed by atoms with Gasteiger partial charge in [0.25, 0.3) is 5.91 Å². The molecule has 0 saturated carbocycles. The van der Waals surface area contributed by atoms with Gasteiger partial charge in [0.15, 0.2) is 0 Å². The maximum atomic E-state index is 11.2. The van der Waals surface area contributed by atoms with Crippen molar-refractivity contribution in [3.8, 4) is 11.1 Å². The van der Waals surface area contributed by atoms with Crippen molar-refractivity contribution in [1.82, 2.24) is 14.6 Å². The van der Waals surface area contributed by atoms with Gasteiger partial charge in [-0.2, -0.15) is 5.10 Å². The number of nitrogens with two attached hydrogens (primary N) is 2. The Morgan fingerprint density at radius 2 is 1.95 bits per heavy atom. The smallest absolute Gasteiger partial charge is 0.252 e. The second-order valence-corrected chi connectivity index (χ2v) is 4.13. The zero-order valence-electron chi connectivity index (χ0n) is 9.95. The van der Waals surface area contributed by atoms with E-state index in [1.54, 1.807) is 16.9 Å². The van der Waals surface area contributed by atoms with Gasteiger partial charge >= 0.3 is 0 Å². The molecule has 6 heteroatoms. The lowest BCUT2D eigenvalue weighted by atomic mass is 10.1. The fourth-order valence-electron chi connectivity index (χ4n) is 1.97. The summed E-state index contributed by atoms with van der Waals surface area (Å²) in [4.78, 5) is 15.2. The molecule has 3 rings (SSSR count). The van der Waals surface area contributed by atoms with Crippen LogP contribution >= 0.6 is 0 Å². The minimum absolute atomic E-state index is 0.229. The van der Waals surface area contributed by atoms with E-state index in [-0.39, 0.29) is 5.56 Å². The summed E-state index contributed by atoms with van der Waals surface area (Å²) in [6, 6.07) is 5.64. The number of nitrogens with zero attached hydrogens (tertiary/aromatic N) is 3. The highest BCUT2D eigenvalue weighted by molar-refractivity contribution is 6.01. The summed E-state index contributed by atoms with van der Waals surface area (Å²) in [5.74, 6) is -0.584. The quantitative estimate of drug-likeness (QED) is 0.713. The average molecular weight is 253 g/mol. The first kappa shape index (κ1) is 11.2. The highest BCUT2D eigenvalue weighted by Gasteiger charge is 2.12. The molecule has 1 amide bonds. The van der Waals surface area contributed by atoms with Crippen LogP contribution in [0.15, 0.2) is 43.0 Å². The molecule has 0 aliphatic carbocycles. The Kier molecular flexibility index (Phi) is 2.42. The van der Waals surface area contributed by atoms with Gasteiger partial charge in [0.1, 0.15) is 0 Å². The van der Waals surface area contributed by atoms with Crippen LogP contribution in [0.1, 0.15) is 10.4 Å². The van der Waals surface area contributed by atoms with E-state index in [0.717, 1.165) is 11.1 Å². The number of pyridine rings is 1. The Morgan fingerprint density at radius 3 is 2.63 bits per heavy atom. The van der Waals surface area contributed by atoms with Crippen molar-refractivity contribution in [2.45, 2.75) is 0 Å². The number of anilines is 1. The fraction of sp³-hybridized carbons (Fsp3) is 0. The van der Waals surface area contributed by atoms with Crippen LogP contribution in [0.3, 0.4) is 0 Å². The molecule has 4 N–H and O–H groups in total. The number of nitrogen functional groups attached to an aromatic ring is 1. The molecule has 0 unspecified atom stereocenters. The molecule has 0 aromatic carbocycles. The molecular weight excluding hydrogens is 242 g/mol. The zero-order valence-corrected chi connectivity index (χ0v) is 9.95. The van der Waals surface area contributed by atoms with Crippen LogP contribution in [0.25, 0.3) is 16.6 Å². The number of carbonyl (C=O) groups excluding carboxylic acids is 1. The Balaban J connectivity index is 2.22. The largest absolute Gasteiger partial charge is 0.396 e. The Morgan fingerprint density at radius 1 is 1.21 bits per heavy atom. The van der Waals surface area contributed by atoms with Crippen molar-refractivity contribution >= 4 is 17.1 Å². The second kappa shape index (κ2) is 4.09. The lowest BCUT2D eigenvalue weighted by Crippen LogP contribution is -2.15. The number of hydrogen-bond donors (Lipinski definition) is 2. The Hall–Kier alpha value is -2.89. The molecule has 0 bridgehead atoms. The summed E-state index contributed by atoms with van der Waals surface area (Å²) in [6.45, 7) is 0. The summed E-state index contributed by atoms with van der Waals surface area (Å²) >= 11 is 0. The third-order valence-corrected chi connectivity index (χ3v) is 2.96. The molecule has 3 aromatic heterocycles. The number of amides is 1. The molecule has 0 fully saturated rings. The molecule has 94 valence electrons. The highest BCUT2D eigenvalue weighted by atomic mass is 16.1. The van der Waals surface area contributed by atoms with Crippen LogP contribution in [-0.2, 0) is 0 Å². The predicted molar refractivity (Wildman–Crippen MR) is 71.4 cm³/mol. The van der Waals surface area contributed by atoms with E-state index >= 15 is 0 Å². The van der Waals surface area contributed by atoms with Gasteiger partial charge in [-0.25, -0.2) is 4.52 Å². The number of primary amides is 1. The summed E-state index contributed by atoms with van der Waals surface area (Å²) in [5, 5.41) is 4.13. The third-order valence-electron chi connectivity index (χ3n) is 2.96. The van der Waals surface area contributed by atoms with E-state index in [2.05, 4.69) is 10.1 Å². The molecule has 0 spiro atoms. The number of carbonyl (C=O) groups is 1. The van der Waals surface area contributed by atoms with Crippen molar-refractivity contribution in [1.29, 1.82) is 0 Å². The second-order valence-electron chi connectivity index (χ2n) is 4.13. The minimum atomic E-state index is -0.584. The van der Waals surface area contributed by atoms with E-state index in [0.29, 0.717) is 11.2 Å². The first-order valence-corrected chi connectivity index (χ1v) is 5.64. The van der Waals surface area contributed by atoms with Crippen LogP contribution < -0.4 is 11.5 Å². The molecule has 0 atom stereocenters. The summed E-state index contributed by atoms with van der Waals surface area (Å²) in [7, 11) is 0. The Bertz CT molecular complexity index is 763. The highest BCUT2D eigenvalue weighted by Crippen LogP contribution is 2.25. The van der Waals surface area contributed by atoms with Gasteiger partial charge < -0.3 is 11.5 Å². The normalized spacial score (nSPS) is 10.7. The molecule has 6 nitrogen and oxygen atoms in total. The van der Waals surface area contributed by atoms with Crippen molar-refractivity contribution in [2.24, 2.45) is 5.73 Å².